The number of rotatable bonds is 8. The van der Waals surface area contributed by atoms with Crippen molar-refractivity contribution < 1.29 is 13.2 Å². The third-order valence-electron chi connectivity index (χ3n) is 2.81. The average Bonchev–Trinajstić information content (AvgIpc) is 2.76. The molecule has 0 amide bonds. The number of halogens is 3. The van der Waals surface area contributed by atoms with Crippen LogP contribution >= 0.6 is 11.3 Å². The van der Waals surface area contributed by atoms with Gasteiger partial charge in [0, 0.05) is 18.0 Å². The van der Waals surface area contributed by atoms with Crippen LogP contribution in [-0.2, 0) is 13.0 Å². The fourth-order valence-electron chi connectivity index (χ4n) is 1.84. The van der Waals surface area contributed by atoms with Gasteiger partial charge < -0.3 is 10.2 Å². The van der Waals surface area contributed by atoms with Crippen LogP contribution in [-0.4, -0.2) is 30.8 Å². The van der Waals surface area contributed by atoms with Gasteiger partial charge in [0.25, 0.3) is 0 Å². The zero-order valence-electron chi connectivity index (χ0n) is 12.2. The summed E-state index contributed by atoms with van der Waals surface area (Å²) in [6, 6.07) is 0. The van der Waals surface area contributed by atoms with Gasteiger partial charge in [0.15, 0.2) is 5.13 Å². The molecule has 0 spiro atoms. The Morgan fingerprint density at radius 2 is 1.95 bits per heavy atom. The molecule has 1 rings (SSSR count). The SMILES string of the molecule is CCCc1nc(N(CC)CC(F)(F)F)sc1CNCC. The number of nitrogens with zero attached hydrogens (tertiary/aromatic N) is 2. The first-order valence-electron chi connectivity index (χ1n) is 6.92. The van der Waals surface area contributed by atoms with Gasteiger partial charge in [-0.3, -0.25) is 0 Å². The summed E-state index contributed by atoms with van der Waals surface area (Å²) in [7, 11) is 0. The Balaban J connectivity index is 2.92. The molecule has 1 heterocycles. The minimum absolute atomic E-state index is 0.305. The summed E-state index contributed by atoms with van der Waals surface area (Å²) < 4.78 is 37.7. The van der Waals surface area contributed by atoms with Crippen LogP contribution in [0.2, 0.25) is 0 Å². The molecule has 0 saturated carbocycles. The molecule has 3 nitrogen and oxygen atoms in total. The first-order valence-corrected chi connectivity index (χ1v) is 7.73. The molecule has 0 aromatic carbocycles. The molecule has 1 aromatic rings. The highest BCUT2D eigenvalue weighted by Crippen LogP contribution is 2.29. The Labute approximate surface area is 122 Å². The van der Waals surface area contributed by atoms with Crippen LogP contribution in [0.5, 0.6) is 0 Å². The normalized spacial score (nSPS) is 11.9. The second-order valence-corrected chi connectivity index (χ2v) is 5.59. The van der Waals surface area contributed by atoms with Crippen molar-refractivity contribution in [3.8, 4) is 0 Å². The fraction of sp³-hybridized carbons (Fsp3) is 0.769. The van der Waals surface area contributed by atoms with Gasteiger partial charge in [0.2, 0.25) is 0 Å². The topological polar surface area (TPSA) is 28.2 Å². The minimum atomic E-state index is -4.20. The van der Waals surface area contributed by atoms with Crippen molar-refractivity contribution in [2.24, 2.45) is 0 Å². The molecule has 1 aromatic heterocycles. The Morgan fingerprint density at radius 3 is 2.45 bits per heavy atom. The van der Waals surface area contributed by atoms with Gasteiger partial charge in [-0.2, -0.15) is 13.2 Å². The third kappa shape index (κ3) is 5.28. The van der Waals surface area contributed by atoms with Gasteiger partial charge in [-0.15, -0.1) is 11.3 Å². The first kappa shape index (κ1) is 17.2. The van der Waals surface area contributed by atoms with E-state index in [0.29, 0.717) is 18.2 Å². The van der Waals surface area contributed by atoms with Crippen molar-refractivity contribution in [3.05, 3.63) is 10.6 Å². The Bertz CT molecular complexity index is 404. The molecular weight excluding hydrogens is 287 g/mol. The highest BCUT2D eigenvalue weighted by molar-refractivity contribution is 7.15. The lowest BCUT2D eigenvalue weighted by atomic mass is 10.2. The molecule has 0 fully saturated rings. The van der Waals surface area contributed by atoms with E-state index < -0.39 is 12.7 Å². The summed E-state index contributed by atoms with van der Waals surface area (Å²) in [5, 5.41) is 3.68. The molecule has 7 heteroatoms. The van der Waals surface area contributed by atoms with Crippen molar-refractivity contribution in [2.75, 3.05) is 24.5 Å². The molecule has 116 valence electrons. The molecule has 0 aliphatic carbocycles. The summed E-state index contributed by atoms with van der Waals surface area (Å²) in [5.74, 6) is 0. The number of anilines is 1. The summed E-state index contributed by atoms with van der Waals surface area (Å²) in [6.45, 7) is 6.64. The number of aryl methyl sites for hydroxylation is 1. The van der Waals surface area contributed by atoms with E-state index in [0.717, 1.165) is 30.0 Å². The van der Waals surface area contributed by atoms with E-state index >= 15 is 0 Å². The molecule has 1 N–H and O–H groups in total. The van der Waals surface area contributed by atoms with E-state index in [4.69, 9.17) is 0 Å². The fourth-order valence-corrected chi connectivity index (χ4v) is 2.98. The van der Waals surface area contributed by atoms with E-state index in [2.05, 4.69) is 10.3 Å². The molecule has 0 aliphatic rings. The zero-order valence-corrected chi connectivity index (χ0v) is 13.0. The molecule has 0 radical (unpaired) electrons. The molecule has 0 aliphatic heterocycles. The number of aromatic nitrogens is 1. The van der Waals surface area contributed by atoms with E-state index in [-0.39, 0.29) is 0 Å². The van der Waals surface area contributed by atoms with Gasteiger partial charge in [-0.05, 0) is 19.9 Å². The molecule has 0 unspecified atom stereocenters. The van der Waals surface area contributed by atoms with Crippen molar-refractivity contribution >= 4 is 16.5 Å². The van der Waals surface area contributed by atoms with Crippen LogP contribution in [0.3, 0.4) is 0 Å². The number of alkyl halides is 3. The van der Waals surface area contributed by atoms with Crippen LogP contribution in [0.4, 0.5) is 18.3 Å². The van der Waals surface area contributed by atoms with Crippen LogP contribution in [0.25, 0.3) is 0 Å². The average molecular weight is 309 g/mol. The number of nitrogens with one attached hydrogen (secondary N) is 1. The van der Waals surface area contributed by atoms with Crippen LogP contribution < -0.4 is 10.2 Å². The van der Waals surface area contributed by atoms with Gasteiger partial charge in [-0.1, -0.05) is 20.3 Å². The highest BCUT2D eigenvalue weighted by Gasteiger charge is 2.31. The lowest BCUT2D eigenvalue weighted by Gasteiger charge is -2.21. The van der Waals surface area contributed by atoms with Gasteiger partial charge in [-0.25, -0.2) is 4.98 Å². The molecule has 0 atom stereocenters. The number of hydrogen-bond acceptors (Lipinski definition) is 4. The Hall–Kier alpha value is -0.820. The van der Waals surface area contributed by atoms with Crippen molar-refractivity contribution in [3.63, 3.8) is 0 Å². The van der Waals surface area contributed by atoms with Gasteiger partial charge >= 0.3 is 6.18 Å². The number of thiazole rings is 1. The predicted molar refractivity (Wildman–Crippen MR) is 77.4 cm³/mol. The molecule has 0 bridgehead atoms. The lowest BCUT2D eigenvalue weighted by Crippen LogP contribution is -2.34. The largest absolute Gasteiger partial charge is 0.406 e. The Kier molecular flexibility index (Phi) is 6.75. The van der Waals surface area contributed by atoms with E-state index in [1.165, 1.54) is 16.2 Å². The standard InChI is InChI=1S/C13H22F3N3S/c1-4-7-10-11(8-17-5-2)20-12(18-10)19(6-3)9-13(14,15)16/h17H,4-9H2,1-3H3. The van der Waals surface area contributed by atoms with E-state index in [9.17, 15) is 13.2 Å². The second-order valence-electron chi connectivity index (χ2n) is 4.53. The van der Waals surface area contributed by atoms with Crippen LogP contribution in [0.15, 0.2) is 0 Å². The van der Waals surface area contributed by atoms with Crippen LogP contribution in [0, 0.1) is 0 Å². The summed E-state index contributed by atoms with van der Waals surface area (Å²) in [5.41, 5.74) is 0.925. The van der Waals surface area contributed by atoms with E-state index in [1.807, 2.05) is 13.8 Å². The maximum Gasteiger partial charge on any atom is 0.406 e. The monoisotopic (exact) mass is 309 g/mol. The van der Waals surface area contributed by atoms with Crippen molar-refractivity contribution in [2.45, 2.75) is 46.3 Å². The van der Waals surface area contributed by atoms with Crippen LogP contribution in [0.1, 0.15) is 37.8 Å². The molecule has 20 heavy (non-hydrogen) atoms. The zero-order chi connectivity index (χ0) is 15.2. The highest BCUT2D eigenvalue weighted by atomic mass is 32.1. The van der Waals surface area contributed by atoms with Crippen molar-refractivity contribution in [1.29, 1.82) is 0 Å². The quantitative estimate of drug-likeness (QED) is 0.795. The predicted octanol–water partition coefficient (Wildman–Crippen LogP) is 3.59. The summed E-state index contributed by atoms with van der Waals surface area (Å²) in [6.07, 6.45) is -2.46. The van der Waals surface area contributed by atoms with Gasteiger partial charge in [0.1, 0.15) is 6.54 Å². The maximum atomic E-state index is 12.6. The van der Waals surface area contributed by atoms with Gasteiger partial charge in [0.05, 0.1) is 5.69 Å². The van der Waals surface area contributed by atoms with Crippen molar-refractivity contribution in [1.82, 2.24) is 10.3 Å². The smallest absolute Gasteiger partial charge is 0.339 e. The maximum absolute atomic E-state index is 12.6. The Morgan fingerprint density at radius 1 is 1.25 bits per heavy atom. The molecule has 0 saturated heterocycles. The summed E-state index contributed by atoms with van der Waals surface area (Å²) in [4.78, 5) is 6.75. The second kappa shape index (κ2) is 7.83. The number of hydrogen-bond donors (Lipinski definition) is 1. The summed E-state index contributed by atoms with van der Waals surface area (Å²) >= 11 is 1.37. The van der Waals surface area contributed by atoms with E-state index in [1.54, 1.807) is 6.92 Å². The molecular formula is C13H22F3N3S. The first-order chi connectivity index (χ1) is 9.41. The lowest BCUT2D eigenvalue weighted by molar-refractivity contribution is -0.119. The minimum Gasteiger partial charge on any atom is -0.339 e. The third-order valence-corrected chi connectivity index (χ3v) is 3.97.